The smallest absolute Gasteiger partial charge is 0.270 e. The van der Waals surface area contributed by atoms with E-state index in [4.69, 9.17) is 4.74 Å². The molecule has 1 saturated heterocycles. The van der Waals surface area contributed by atoms with Gasteiger partial charge in [-0.3, -0.25) is 0 Å². The summed E-state index contributed by atoms with van der Waals surface area (Å²) in [5, 5.41) is 3.28. The lowest BCUT2D eigenvalue weighted by atomic mass is 10.0. The van der Waals surface area contributed by atoms with E-state index in [0.29, 0.717) is 13.2 Å². The van der Waals surface area contributed by atoms with Crippen molar-refractivity contribution in [2.75, 3.05) is 19.8 Å². The third-order valence-electron chi connectivity index (χ3n) is 2.74. The van der Waals surface area contributed by atoms with Gasteiger partial charge in [0.1, 0.15) is 0 Å². The van der Waals surface area contributed by atoms with E-state index in [9.17, 15) is 8.78 Å². The van der Waals surface area contributed by atoms with Crippen LogP contribution in [-0.4, -0.2) is 19.8 Å². The Bertz CT molecular complexity index is 339. The fourth-order valence-electron chi connectivity index (χ4n) is 1.79. The first-order valence-corrected chi connectivity index (χ1v) is 5.37. The summed E-state index contributed by atoms with van der Waals surface area (Å²) in [6.07, 6.45) is 0. The SMILES string of the molecule is CC(F)(F)c1ccc(C2COCCN2)cc1. The van der Waals surface area contributed by atoms with E-state index in [1.165, 1.54) is 12.1 Å². The number of nitrogens with one attached hydrogen (secondary N) is 1. The zero-order valence-corrected chi connectivity index (χ0v) is 9.17. The second kappa shape index (κ2) is 4.47. The van der Waals surface area contributed by atoms with Crippen molar-refractivity contribution in [3.63, 3.8) is 0 Å². The molecule has 1 N–H and O–H groups in total. The molecule has 1 heterocycles. The van der Waals surface area contributed by atoms with Crippen LogP contribution in [0.5, 0.6) is 0 Å². The number of halogens is 2. The Kier molecular flexibility index (Phi) is 3.21. The van der Waals surface area contributed by atoms with Crippen LogP contribution in [0.3, 0.4) is 0 Å². The summed E-state index contributed by atoms with van der Waals surface area (Å²) in [4.78, 5) is 0. The number of hydrogen-bond acceptors (Lipinski definition) is 2. The van der Waals surface area contributed by atoms with Crippen molar-refractivity contribution in [3.8, 4) is 0 Å². The normalized spacial score (nSPS) is 22.1. The highest BCUT2D eigenvalue weighted by Gasteiger charge is 2.24. The lowest BCUT2D eigenvalue weighted by Gasteiger charge is -2.24. The quantitative estimate of drug-likeness (QED) is 0.838. The van der Waals surface area contributed by atoms with E-state index < -0.39 is 5.92 Å². The molecule has 1 unspecified atom stereocenters. The van der Waals surface area contributed by atoms with Gasteiger partial charge < -0.3 is 10.1 Å². The number of rotatable bonds is 2. The summed E-state index contributed by atoms with van der Waals surface area (Å²) in [6.45, 7) is 3.02. The molecule has 0 radical (unpaired) electrons. The monoisotopic (exact) mass is 227 g/mol. The minimum atomic E-state index is -2.77. The van der Waals surface area contributed by atoms with Crippen LogP contribution in [0.25, 0.3) is 0 Å². The molecule has 1 aromatic carbocycles. The van der Waals surface area contributed by atoms with Gasteiger partial charge in [0.2, 0.25) is 0 Å². The minimum Gasteiger partial charge on any atom is -0.378 e. The lowest BCUT2D eigenvalue weighted by molar-refractivity contribution is 0.0174. The van der Waals surface area contributed by atoms with Gasteiger partial charge in [0.05, 0.1) is 19.3 Å². The average Bonchev–Trinajstić information content (AvgIpc) is 2.29. The molecule has 0 aromatic heterocycles. The molecule has 1 aliphatic rings. The largest absolute Gasteiger partial charge is 0.378 e. The van der Waals surface area contributed by atoms with E-state index in [1.54, 1.807) is 12.1 Å². The molecule has 2 rings (SSSR count). The first kappa shape index (κ1) is 11.5. The van der Waals surface area contributed by atoms with Crippen LogP contribution in [-0.2, 0) is 10.7 Å². The van der Waals surface area contributed by atoms with Crippen molar-refractivity contribution in [1.29, 1.82) is 0 Å². The van der Waals surface area contributed by atoms with Crippen molar-refractivity contribution in [2.45, 2.75) is 18.9 Å². The molecule has 1 aliphatic heterocycles. The van der Waals surface area contributed by atoms with Crippen molar-refractivity contribution >= 4 is 0 Å². The van der Waals surface area contributed by atoms with Crippen LogP contribution >= 0.6 is 0 Å². The topological polar surface area (TPSA) is 21.3 Å². The summed E-state index contributed by atoms with van der Waals surface area (Å²) in [7, 11) is 0. The lowest BCUT2D eigenvalue weighted by Crippen LogP contribution is -2.34. The molecular formula is C12H15F2NO. The Labute approximate surface area is 93.6 Å². The molecule has 0 saturated carbocycles. The highest BCUT2D eigenvalue weighted by atomic mass is 19.3. The molecule has 16 heavy (non-hydrogen) atoms. The van der Waals surface area contributed by atoms with Gasteiger partial charge >= 0.3 is 0 Å². The average molecular weight is 227 g/mol. The zero-order chi connectivity index (χ0) is 11.6. The molecule has 1 aromatic rings. The van der Waals surface area contributed by atoms with Crippen LogP contribution in [0.1, 0.15) is 24.1 Å². The molecule has 0 spiro atoms. The summed E-state index contributed by atoms with van der Waals surface area (Å²) >= 11 is 0. The molecule has 1 fully saturated rings. The molecule has 0 aliphatic carbocycles. The van der Waals surface area contributed by atoms with Gasteiger partial charge in [-0.05, 0) is 5.56 Å². The molecule has 1 atom stereocenters. The highest BCUT2D eigenvalue weighted by molar-refractivity contribution is 5.27. The van der Waals surface area contributed by atoms with Gasteiger partial charge in [0.25, 0.3) is 5.92 Å². The van der Waals surface area contributed by atoms with Crippen molar-refractivity contribution < 1.29 is 13.5 Å². The molecular weight excluding hydrogens is 212 g/mol. The van der Waals surface area contributed by atoms with Crippen molar-refractivity contribution in [3.05, 3.63) is 35.4 Å². The van der Waals surface area contributed by atoms with Crippen LogP contribution in [0.15, 0.2) is 24.3 Å². The second-order valence-corrected chi connectivity index (χ2v) is 4.09. The van der Waals surface area contributed by atoms with Crippen LogP contribution in [0, 0.1) is 0 Å². The summed E-state index contributed by atoms with van der Waals surface area (Å²) in [5.74, 6) is -2.77. The third-order valence-corrected chi connectivity index (χ3v) is 2.74. The molecule has 0 amide bonds. The third kappa shape index (κ3) is 2.57. The Morgan fingerprint density at radius 3 is 2.50 bits per heavy atom. The molecule has 0 bridgehead atoms. The summed E-state index contributed by atoms with van der Waals surface area (Å²) in [6, 6.07) is 6.54. The maximum Gasteiger partial charge on any atom is 0.270 e. The van der Waals surface area contributed by atoms with Gasteiger partial charge in [0, 0.05) is 19.0 Å². The number of hydrogen-bond donors (Lipinski definition) is 1. The minimum absolute atomic E-state index is 0.0491. The molecule has 88 valence electrons. The van der Waals surface area contributed by atoms with Crippen LogP contribution in [0.4, 0.5) is 8.78 Å². The Morgan fingerprint density at radius 2 is 2.00 bits per heavy atom. The number of benzene rings is 1. The molecule has 4 heteroatoms. The van der Waals surface area contributed by atoms with E-state index >= 15 is 0 Å². The Morgan fingerprint density at radius 1 is 1.31 bits per heavy atom. The van der Waals surface area contributed by atoms with Gasteiger partial charge in [-0.25, -0.2) is 8.78 Å². The number of morpholine rings is 1. The van der Waals surface area contributed by atoms with Gasteiger partial charge in [0.15, 0.2) is 0 Å². The predicted octanol–water partition coefficient (Wildman–Crippen LogP) is 2.46. The maximum absolute atomic E-state index is 13.0. The highest BCUT2D eigenvalue weighted by Crippen LogP contribution is 2.28. The van der Waals surface area contributed by atoms with E-state index in [-0.39, 0.29) is 11.6 Å². The summed E-state index contributed by atoms with van der Waals surface area (Å²) < 4.78 is 31.3. The first-order valence-electron chi connectivity index (χ1n) is 5.37. The number of ether oxygens (including phenoxy) is 1. The Hall–Kier alpha value is -1.00. The number of alkyl halides is 2. The zero-order valence-electron chi connectivity index (χ0n) is 9.17. The van der Waals surface area contributed by atoms with Gasteiger partial charge in [-0.1, -0.05) is 24.3 Å². The van der Waals surface area contributed by atoms with Crippen LogP contribution in [0.2, 0.25) is 0 Å². The maximum atomic E-state index is 13.0. The van der Waals surface area contributed by atoms with Crippen molar-refractivity contribution in [1.82, 2.24) is 5.32 Å². The van der Waals surface area contributed by atoms with Crippen LogP contribution < -0.4 is 5.32 Å². The second-order valence-electron chi connectivity index (χ2n) is 4.09. The summed E-state index contributed by atoms with van der Waals surface area (Å²) in [5.41, 5.74) is 1.04. The van der Waals surface area contributed by atoms with Gasteiger partial charge in [-0.2, -0.15) is 0 Å². The predicted molar refractivity (Wildman–Crippen MR) is 57.6 cm³/mol. The van der Waals surface area contributed by atoms with E-state index in [2.05, 4.69) is 5.32 Å². The van der Waals surface area contributed by atoms with E-state index in [1.807, 2.05) is 0 Å². The fourth-order valence-corrected chi connectivity index (χ4v) is 1.79. The molecule has 2 nitrogen and oxygen atoms in total. The van der Waals surface area contributed by atoms with Crippen molar-refractivity contribution in [2.24, 2.45) is 0 Å². The fraction of sp³-hybridized carbons (Fsp3) is 0.500. The van der Waals surface area contributed by atoms with Gasteiger partial charge in [-0.15, -0.1) is 0 Å². The first-order chi connectivity index (χ1) is 7.57. The standard InChI is InChI=1S/C12H15F2NO/c1-12(13,14)10-4-2-9(3-5-10)11-8-16-7-6-15-11/h2-5,11,15H,6-8H2,1H3. The van der Waals surface area contributed by atoms with E-state index in [0.717, 1.165) is 19.0 Å². The Balaban J connectivity index is 2.12.